The molecule has 3 N–H and O–H groups in total. The van der Waals surface area contributed by atoms with E-state index in [2.05, 4.69) is 16.0 Å². The van der Waals surface area contributed by atoms with Crippen LogP contribution in [0.25, 0.3) is 0 Å². The summed E-state index contributed by atoms with van der Waals surface area (Å²) < 4.78 is 14.0. The van der Waals surface area contributed by atoms with Gasteiger partial charge in [-0.3, -0.25) is 14.4 Å². The van der Waals surface area contributed by atoms with E-state index in [1.807, 2.05) is 31.2 Å². The Morgan fingerprint density at radius 2 is 1.63 bits per heavy atom. The number of carbonyl (C=O) groups excluding carboxylic acids is 3. The molecule has 2 aromatic carbocycles. The van der Waals surface area contributed by atoms with Crippen molar-refractivity contribution in [1.29, 1.82) is 0 Å². The van der Waals surface area contributed by atoms with Gasteiger partial charge in [0.05, 0.1) is 18.2 Å². The van der Waals surface area contributed by atoms with Crippen molar-refractivity contribution in [2.24, 2.45) is 0 Å². The molecule has 7 heteroatoms. The molecule has 0 bridgehead atoms. The fraction of sp³-hybridized carbons (Fsp3) is 0.250. The first-order valence-corrected chi connectivity index (χ1v) is 8.45. The molecule has 0 fully saturated rings. The van der Waals surface area contributed by atoms with Crippen LogP contribution in [-0.4, -0.2) is 17.7 Å². The summed E-state index contributed by atoms with van der Waals surface area (Å²) in [7, 11) is 0. The van der Waals surface area contributed by atoms with E-state index in [0.717, 1.165) is 17.2 Å². The number of aryl methyl sites for hydroxylation is 1. The number of halogens is 1. The largest absolute Gasteiger partial charge is 0.349 e. The van der Waals surface area contributed by atoms with E-state index in [1.165, 1.54) is 26.0 Å². The molecule has 3 amide bonds. The summed E-state index contributed by atoms with van der Waals surface area (Å²) in [5.74, 6) is -1.66. The fourth-order valence-electron chi connectivity index (χ4n) is 2.59. The van der Waals surface area contributed by atoms with Crippen molar-refractivity contribution in [2.75, 3.05) is 10.6 Å². The van der Waals surface area contributed by atoms with Crippen LogP contribution in [0.5, 0.6) is 0 Å². The van der Waals surface area contributed by atoms with Crippen molar-refractivity contribution in [3.05, 3.63) is 59.4 Å². The quantitative estimate of drug-likeness (QED) is 0.728. The van der Waals surface area contributed by atoms with E-state index in [4.69, 9.17) is 0 Å². The zero-order valence-corrected chi connectivity index (χ0v) is 15.4. The summed E-state index contributed by atoms with van der Waals surface area (Å²) in [6.07, 6.45) is -0.0631. The summed E-state index contributed by atoms with van der Waals surface area (Å²) in [5, 5.41) is 7.76. The third kappa shape index (κ3) is 6.22. The zero-order valence-electron chi connectivity index (χ0n) is 15.4. The highest BCUT2D eigenvalue weighted by Gasteiger charge is 2.18. The smallest absolute Gasteiger partial charge is 0.226 e. The molecule has 0 spiro atoms. The van der Waals surface area contributed by atoms with Gasteiger partial charge in [0.2, 0.25) is 17.7 Å². The van der Waals surface area contributed by atoms with Crippen LogP contribution in [0.1, 0.15) is 37.4 Å². The maximum Gasteiger partial charge on any atom is 0.226 e. The van der Waals surface area contributed by atoms with E-state index in [9.17, 15) is 18.8 Å². The lowest BCUT2D eigenvalue weighted by atomic mass is 10.0. The summed E-state index contributed by atoms with van der Waals surface area (Å²) >= 11 is 0. The lowest BCUT2D eigenvalue weighted by Crippen LogP contribution is -2.30. The summed E-state index contributed by atoms with van der Waals surface area (Å²) in [4.78, 5) is 35.0. The lowest BCUT2D eigenvalue weighted by Gasteiger charge is -2.18. The highest BCUT2D eigenvalue weighted by Crippen LogP contribution is 2.22. The molecule has 0 saturated heterocycles. The van der Waals surface area contributed by atoms with Gasteiger partial charge in [-0.05, 0) is 30.7 Å². The second-order valence-corrected chi connectivity index (χ2v) is 6.29. The predicted molar refractivity (Wildman–Crippen MR) is 102 cm³/mol. The molecule has 0 aliphatic heterocycles. The van der Waals surface area contributed by atoms with Crippen LogP contribution in [0.15, 0.2) is 42.5 Å². The van der Waals surface area contributed by atoms with Crippen LogP contribution in [0.2, 0.25) is 0 Å². The summed E-state index contributed by atoms with van der Waals surface area (Å²) in [5.41, 5.74) is 2.16. The van der Waals surface area contributed by atoms with Crippen molar-refractivity contribution in [3.8, 4) is 0 Å². The fourth-order valence-corrected chi connectivity index (χ4v) is 2.59. The van der Waals surface area contributed by atoms with Crippen molar-refractivity contribution in [1.82, 2.24) is 5.32 Å². The van der Waals surface area contributed by atoms with Crippen molar-refractivity contribution >= 4 is 29.1 Å². The molecule has 142 valence electrons. The minimum Gasteiger partial charge on any atom is -0.349 e. The number of carbonyl (C=O) groups is 3. The number of amides is 3. The predicted octanol–water partition coefficient (Wildman–Crippen LogP) is 3.30. The van der Waals surface area contributed by atoms with E-state index < -0.39 is 17.8 Å². The Labute approximate surface area is 157 Å². The normalized spacial score (nSPS) is 11.4. The summed E-state index contributed by atoms with van der Waals surface area (Å²) in [6.45, 7) is 4.64. The maximum atomic E-state index is 14.0. The van der Waals surface area contributed by atoms with E-state index in [1.54, 1.807) is 0 Å². The Hall–Kier alpha value is -3.22. The van der Waals surface area contributed by atoms with Crippen molar-refractivity contribution in [3.63, 3.8) is 0 Å². The molecule has 0 aliphatic carbocycles. The molecule has 0 heterocycles. The molecule has 0 saturated carbocycles. The average molecular weight is 371 g/mol. The Morgan fingerprint density at radius 3 is 2.22 bits per heavy atom. The van der Waals surface area contributed by atoms with Crippen LogP contribution >= 0.6 is 0 Å². The number of anilines is 2. The molecule has 2 rings (SSSR count). The van der Waals surface area contributed by atoms with E-state index in [0.29, 0.717) is 5.69 Å². The first-order valence-electron chi connectivity index (χ1n) is 8.45. The molecule has 2 aromatic rings. The standard InChI is InChI=1S/C20H22FN3O3/c1-12-4-6-15(7-5-12)18(23-14(3)26)11-20(27)24-19-10-16(22-13(2)25)8-9-17(19)21/h4-10,18H,11H2,1-3H3,(H,22,25)(H,23,26)(H,24,27). The second kappa shape index (κ2) is 8.93. The topological polar surface area (TPSA) is 87.3 Å². The molecule has 27 heavy (non-hydrogen) atoms. The Kier molecular flexibility index (Phi) is 6.65. The first-order chi connectivity index (χ1) is 12.7. The molecular weight excluding hydrogens is 349 g/mol. The summed E-state index contributed by atoms with van der Waals surface area (Å²) in [6, 6.07) is 10.8. The number of rotatable bonds is 6. The van der Waals surface area contributed by atoms with Crippen molar-refractivity contribution in [2.45, 2.75) is 33.2 Å². The van der Waals surface area contributed by atoms with Gasteiger partial charge in [0.25, 0.3) is 0 Å². The Morgan fingerprint density at radius 1 is 0.963 bits per heavy atom. The van der Waals surface area contributed by atoms with Crippen LogP contribution in [0.3, 0.4) is 0 Å². The monoisotopic (exact) mass is 371 g/mol. The minimum atomic E-state index is -0.621. The Bertz CT molecular complexity index is 850. The van der Waals surface area contributed by atoms with Gasteiger partial charge in [-0.2, -0.15) is 0 Å². The molecule has 1 unspecified atom stereocenters. The van der Waals surface area contributed by atoms with Gasteiger partial charge in [0.15, 0.2) is 0 Å². The Balaban J connectivity index is 2.14. The van der Waals surface area contributed by atoms with Crippen molar-refractivity contribution < 1.29 is 18.8 Å². The van der Waals surface area contributed by atoms with E-state index >= 15 is 0 Å². The van der Waals surface area contributed by atoms with Crippen LogP contribution < -0.4 is 16.0 Å². The number of benzene rings is 2. The van der Waals surface area contributed by atoms with Gasteiger partial charge in [0, 0.05) is 19.5 Å². The minimum absolute atomic E-state index is 0.0447. The first kappa shape index (κ1) is 20.1. The van der Waals surface area contributed by atoms with Crippen LogP contribution in [0, 0.1) is 12.7 Å². The molecule has 0 aliphatic rings. The molecule has 1 atom stereocenters. The molecular formula is C20H22FN3O3. The average Bonchev–Trinajstić information content (AvgIpc) is 2.57. The maximum absolute atomic E-state index is 14.0. The zero-order chi connectivity index (χ0) is 20.0. The lowest BCUT2D eigenvalue weighted by molar-refractivity contribution is -0.120. The number of nitrogens with one attached hydrogen (secondary N) is 3. The molecule has 6 nitrogen and oxygen atoms in total. The number of hydrogen-bond acceptors (Lipinski definition) is 3. The van der Waals surface area contributed by atoms with Crippen LogP contribution in [-0.2, 0) is 14.4 Å². The van der Waals surface area contributed by atoms with Crippen LogP contribution in [0.4, 0.5) is 15.8 Å². The highest BCUT2D eigenvalue weighted by molar-refractivity contribution is 5.94. The SMILES string of the molecule is CC(=O)Nc1ccc(F)c(NC(=O)CC(NC(C)=O)c2ccc(C)cc2)c1. The van der Waals surface area contributed by atoms with E-state index in [-0.39, 0.29) is 23.9 Å². The molecule has 0 radical (unpaired) electrons. The third-order valence-corrected chi connectivity index (χ3v) is 3.81. The third-order valence-electron chi connectivity index (χ3n) is 3.81. The van der Waals surface area contributed by atoms with Gasteiger partial charge in [0.1, 0.15) is 5.82 Å². The number of hydrogen-bond donors (Lipinski definition) is 3. The molecule has 0 aromatic heterocycles. The van der Waals surface area contributed by atoms with Gasteiger partial charge in [-0.15, -0.1) is 0 Å². The highest BCUT2D eigenvalue weighted by atomic mass is 19.1. The second-order valence-electron chi connectivity index (χ2n) is 6.29. The van der Waals surface area contributed by atoms with Gasteiger partial charge >= 0.3 is 0 Å². The van der Waals surface area contributed by atoms with Gasteiger partial charge in [-0.1, -0.05) is 29.8 Å². The van der Waals surface area contributed by atoms with Gasteiger partial charge < -0.3 is 16.0 Å². The van der Waals surface area contributed by atoms with Gasteiger partial charge in [-0.25, -0.2) is 4.39 Å².